The number of halogens is 1. The first-order valence-corrected chi connectivity index (χ1v) is 9.84. The zero-order valence-corrected chi connectivity index (χ0v) is 15.9. The van der Waals surface area contributed by atoms with Crippen molar-refractivity contribution in [3.05, 3.63) is 32.3 Å². The largest absolute Gasteiger partial charge is 0.871 e. The second-order valence-electron chi connectivity index (χ2n) is 8.34. The number of hydrogen-bond acceptors (Lipinski definition) is 4. The molecule has 6 heteroatoms. The summed E-state index contributed by atoms with van der Waals surface area (Å²) in [4.78, 5) is 15.3. The van der Waals surface area contributed by atoms with Crippen LogP contribution in [0.5, 0.6) is 5.75 Å². The first kappa shape index (κ1) is 17.0. The molecule has 25 heavy (non-hydrogen) atoms. The van der Waals surface area contributed by atoms with Crippen LogP contribution in [0.25, 0.3) is 0 Å². The molecule has 1 atom stereocenters. The third-order valence-corrected chi connectivity index (χ3v) is 7.27. The van der Waals surface area contributed by atoms with Gasteiger partial charge in [-0.2, -0.15) is 0 Å². The van der Waals surface area contributed by atoms with Crippen molar-refractivity contribution in [2.24, 2.45) is 28.2 Å². The molecule has 5 nitrogen and oxygen atoms in total. The van der Waals surface area contributed by atoms with Crippen LogP contribution in [0.1, 0.15) is 51.0 Å². The van der Waals surface area contributed by atoms with E-state index < -0.39 is 4.92 Å². The fourth-order valence-electron chi connectivity index (χ4n) is 5.84. The molecule has 5 rings (SSSR count). The lowest BCUT2D eigenvalue weighted by atomic mass is 9.48. The molecule has 0 N–H and O–H groups in total. The second kappa shape index (κ2) is 6.08. The predicted molar refractivity (Wildman–Crippen MR) is 97.9 cm³/mol. The van der Waals surface area contributed by atoms with Gasteiger partial charge in [0.05, 0.1) is 11.0 Å². The summed E-state index contributed by atoms with van der Waals surface area (Å²) in [5.41, 5.74) is 0.472. The van der Waals surface area contributed by atoms with Gasteiger partial charge in [-0.3, -0.25) is 15.1 Å². The number of hydrogen-bond donors (Lipinski definition) is 0. The lowest BCUT2D eigenvalue weighted by molar-refractivity contribution is -0.385. The van der Waals surface area contributed by atoms with Crippen LogP contribution in [0.2, 0.25) is 0 Å². The monoisotopic (exact) mass is 405 g/mol. The van der Waals surface area contributed by atoms with Crippen LogP contribution < -0.4 is 5.11 Å². The fourth-order valence-corrected chi connectivity index (χ4v) is 6.30. The summed E-state index contributed by atoms with van der Waals surface area (Å²) in [7, 11) is 0. The van der Waals surface area contributed by atoms with Gasteiger partial charge in [-0.15, -0.1) is 0 Å². The average Bonchev–Trinajstić information content (AvgIpc) is 2.54. The third-order valence-electron chi connectivity index (χ3n) is 6.68. The van der Waals surface area contributed by atoms with E-state index in [1.807, 2.05) is 0 Å². The molecule has 0 unspecified atom stereocenters. The van der Waals surface area contributed by atoms with Gasteiger partial charge in [0, 0.05) is 22.8 Å². The Kier molecular flexibility index (Phi) is 4.13. The maximum atomic E-state index is 12.2. The van der Waals surface area contributed by atoms with E-state index in [0.717, 1.165) is 17.8 Å². The molecule has 0 aromatic heterocycles. The molecule has 4 aliphatic rings. The Morgan fingerprint density at radius 2 is 1.80 bits per heavy atom. The Morgan fingerprint density at radius 1 is 1.24 bits per heavy atom. The average molecular weight is 406 g/mol. The third kappa shape index (κ3) is 2.98. The molecular weight excluding hydrogens is 384 g/mol. The molecule has 1 aromatic carbocycles. The van der Waals surface area contributed by atoms with Gasteiger partial charge in [0.15, 0.2) is 0 Å². The maximum Gasteiger partial charge on any atom is 0.271 e. The SMILES string of the molecule is C[C@@H](N=Cc1cc([N+](=O)[O-])cc(Br)c1[O-])C12CC3CC(CC(C3)C1)C2. The predicted octanol–water partition coefficient (Wildman–Crippen LogP) is 4.45. The highest BCUT2D eigenvalue weighted by Gasteiger charge is 2.53. The molecule has 4 aliphatic carbocycles. The van der Waals surface area contributed by atoms with Crippen molar-refractivity contribution in [2.75, 3.05) is 0 Å². The van der Waals surface area contributed by atoms with Crippen LogP contribution in [0.4, 0.5) is 5.69 Å². The Morgan fingerprint density at radius 3 is 2.32 bits per heavy atom. The Bertz CT molecular complexity index is 711. The molecule has 0 radical (unpaired) electrons. The Hall–Kier alpha value is -1.43. The topological polar surface area (TPSA) is 78.6 Å². The minimum Gasteiger partial charge on any atom is -0.871 e. The highest BCUT2D eigenvalue weighted by atomic mass is 79.9. The zero-order valence-electron chi connectivity index (χ0n) is 14.3. The standard InChI is InChI=1S/C19H23BrN2O3/c1-11(19-7-12-2-13(8-19)4-14(3-12)9-19)21-10-15-5-16(22(24)25)6-17(20)18(15)23/h5-6,10-14,23H,2-4,7-9H2,1H3/p-1/t11-,12?,13?,14?,19?/m1/s1. The number of nitrogens with zero attached hydrogens (tertiary/aromatic N) is 2. The van der Waals surface area contributed by atoms with E-state index in [9.17, 15) is 15.2 Å². The highest BCUT2D eigenvalue weighted by molar-refractivity contribution is 9.10. The van der Waals surface area contributed by atoms with E-state index in [-0.39, 0.29) is 32.9 Å². The molecule has 0 aliphatic heterocycles. The van der Waals surface area contributed by atoms with Crippen molar-refractivity contribution in [1.29, 1.82) is 0 Å². The summed E-state index contributed by atoms with van der Waals surface area (Å²) >= 11 is 3.13. The van der Waals surface area contributed by atoms with E-state index in [2.05, 4.69) is 22.9 Å². The van der Waals surface area contributed by atoms with Crippen molar-refractivity contribution in [2.45, 2.75) is 51.5 Å². The molecule has 4 bridgehead atoms. The van der Waals surface area contributed by atoms with Crippen LogP contribution in [0, 0.1) is 33.3 Å². The molecule has 4 saturated carbocycles. The van der Waals surface area contributed by atoms with Gasteiger partial charge >= 0.3 is 0 Å². The van der Waals surface area contributed by atoms with Gasteiger partial charge in [-0.25, -0.2) is 0 Å². The summed E-state index contributed by atoms with van der Waals surface area (Å²) in [5, 5.41) is 23.3. The molecule has 0 saturated heterocycles. The fraction of sp³-hybridized carbons (Fsp3) is 0.632. The Labute approximate surface area is 155 Å². The van der Waals surface area contributed by atoms with Crippen LogP contribution in [0.3, 0.4) is 0 Å². The van der Waals surface area contributed by atoms with Crippen LogP contribution >= 0.6 is 15.9 Å². The number of rotatable bonds is 4. The minimum absolute atomic E-state index is 0.0876. The number of nitro benzene ring substituents is 1. The van der Waals surface area contributed by atoms with E-state index in [1.54, 1.807) is 6.21 Å². The van der Waals surface area contributed by atoms with Crippen molar-refractivity contribution >= 4 is 27.8 Å². The van der Waals surface area contributed by atoms with Gasteiger partial charge in [0.25, 0.3) is 5.69 Å². The summed E-state index contributed by atoms with van der Waals surface area (Å²) in [6, 6.07) is 2.73. The van der Waals surface area contributed by atoms with Gasteiger partial charge in [-0.05, 0) is 74.2 Å². The summed E-state index contributed by atoms with van der Waals surface area (Å²) in [5.74, 6) is 2.31. The van der Waals surface area contributed by atoms with Crippen LogP contribution in [-0.2, 0) is 0 Å². The first-order valence-electron chi connectivity index (χ1n) is 9.04. The number of nitro groups is 1. The maximum absolute atomic E-state index is 12.2. The van der Waals surface area contributed by atoms with E-state index in [0.29, 0.717) is 0 Å². The Balaban J connectivity index is 1.59. The van der Waals surface area contributed by atoms with E-state index >= 15 is 0 Å². The van der Waals surface area contributed by atoms with Gasteiger partial charge < -0.3 is 5.11 Å². The number of non-ortho nitro benzene ring substituents is 1. The van der Waals surface area contributed by atoms with Gasteiger partial charge in [0.1, 0.15) is 0 Å². The van der Waals surface area contributed by atoms with Gasteiger partial charge in [-0.1, -0.05) is 21.7 Å². The van der Waals surface area contributed by atoms with Gasteiger partial charge in [0.2, 0.25) is 0 Å². The molecule has 4 fully saturated rings. The quantitative estimate of drug-likeness (QED) is 0.421. The lowest BCUT2D eigenvalue weighted by Crippen LogP contribution is -2.50. The summed E-state index contributed by atoms with van der Waals surface area (Å²) < 4.78 is 0.214. The van der Waals surface area contributed by atoms with Crippen LogP contribution in [0.15, 0.2) is 21.6 Å². The zero-order chi connectivity index (χ0) is 17.8. The summed E-state index contributed by atoms with van der Waals surface area (Å²) in [6.45, 7) is 2.15. The van der Waals surface area contributed by atoms with Crippen molar-refractivity contribution < 1.29 is 10.0 Å². The molecule has 1 aromatic rings. The molecular formula is C19H22BrN2O3-. The van der Waals surface area contributed by atoms with Crippen molar-refractivity contribution in [1.82, 2.24) is 0 Å². The second-order valence-corrected chi connectivity index (χ2v) is 9.19. The summed E-state index contributed by atoms with van der Waals surface area (Å²) in [6.07, 6.45) is 9.47. The molecule has 0 amide bonds. The molecule has 134 valence electrons. The van der Waals surface area contributed by atoms with E-state index in [1.165, 1.54) is 50.7 Å². The number of benzene rings is 1. The minimum atomic E-state index is -0.482. The molecule has 0 heterocycles. The van der Waals surface area contributed by atoms with Crippen molar-refractivity contribution in [3.8, 4) is 5.75 Å². The number of aliphatic imine (C=N–C) groups is 1. The normalized spacial score (nSPS) is 34.6. The van der Waals surface area contributed by atoms with Crippen molar-refractivity contribution in [3.63, 3.8) is 0 Å². The first-order chi connectivity index (χ1) is 11.9. The highest BCUT2D eigenvalue weighted by Crippen LogP contribution is 2.61. The molecule has 0 spiro atoms. The lowest BCUT2D eigenvalue weighted by Gasteiger charge is -2.58. The van der Waals surface area contributed by atoms with E-state index in [4.69, 9.17) is 4.99 Å². The smallest absolute Gasteiger partial charge is 0.271 e. The van der Waals surface area contributed by atoms with Crippen LogP contribution in [-0.4, -0.2) is 17.2 Å².